The molecule has 0 aromatic heterocycles. The van der Waals surface area contributed by atoms with Gasteiger partial charge >= 0.3 is 0 Å². The summed E-state index contributed by atoms with van der Waals surface area (Å²) in [5.74, 6) is 0. The van der Waals surface area contributed by atoms with Crippen LogP contribution in [0, 0.1) is 0 Å². The normalized spacial score (nSPS) is 24.6. The highest BCUT2D eigenvalue weighted by Crippen LogP contribution is 2.09. The molecule has 1 fully saturated rings. The van der Waals surface area contributed by atoms with E-state index in [0.717, 1.165) is 32.7 Å². The van der Waals surface area contributed by atoms with Crippen molar-refractivity contribution >= 4 is 12.6 Å². The van der Waals surface area contributed by atoms with Gasteiger partial charge in [-0.15, -0.1) is 0 Å². The second-order valence-corrected chi connectivity index (χ2v) is 3.13. The van der Waals surface area contributed by atoms with Gasteiger partial charge in [0.05, 0.1) is 18.6 Å². The molecular weight excluding hydrogens is 146 g/mol. The molecule has 0 radical (unpaired) electrons. The topological polar surface area (TPSA) is 12.5 Å². The Bertz CT molecular complexity index is 93.6. The van der Waals surface area contributed by atoms with Crippen LogP contribution in [-0.2, 0) is 4.74 Å². The maximum Gasteiger partial charge on any atom is 0.0594 e. The van der Waals surface area contributed by atoms with Crippen molar-refractivity contribution in [3.8, 4) is 0 Å². The molecule has 1 atom stereocenters. The molecule has 0 aromatic rings. The molecule has 60 valence electrons. The van der Waals surface area contributed by atoms with Crippen molar-refractivity contribution in [1.82, 2.24) is 4.90 Å². The molecule has 0 N–H and O–H groups in total. The lowest BCUT2D eigenvalue weighted by atomic mass is 10.3. The van der Waals surface area contributed by atoms with Crippen LogP contribution in [0.15, 0.2) is 0 Å². The van der Waals surface area contributed by atoms with E-state index in [9.17, 15) is 0 Å². The van der Waals surface area contributed by atoms with E-state index in [-0.39, 0.29) is 0 Å². The zero-order chi connectivity index (χ0) is 7.40. The maximum absolute atomic E-state index is 5.22. The minimum Gasteiger partial charge on any atom is -0.379 e. The average molecular weight is 161 g/mol. The van der Waals surface area contributed by atoms with E-state index in [4.69, 9.17) is 4.74 Å². The van der Waals surface area contributed by atoms with Crippen molar-refractivity contribution in [3.05, 3.63) is 0 Å². The van der Waals surface area contributed by atoms with Gasteiger partial charge in [0.15, 0.2) is 0 Å². The Hall–Kier alpha value is 0.270. The monoisotopic (exact) mass is 161 g/mol. The van der Waals surface area contributed by atoms with Gasteiger partial charge in [-0.3, -0.25) is 4.90 Å². The third-order valence-corrected chi connectivity index (χ3v) is 2.52. The van der Waals surface area contributed by atoms with E-state index in [2.05, 4.69) is 24.5 Å². The van der Waals surface area contributed by atoms with Crippen LogP contribution in [0.5, 0.6) is 0 Å². The van der Waals surface area contributed by atoms with Gasteiger partial charge in [0.2, 0.25) is 0 Å². The fourth-order valence-corrected chi connectivity index (χ4v) is 1.36. The summed E-state index contributed by atoms with van der Waals surface area (Å²) in [6.45, 7) is 5.99. The molecule has 2 nitrogen and oxygen atoms in total. The number of rotatable bonds is 2. The van der Waals surface area contributed by atoms with E-state index in [1.807, 2.05) is 0 Å². The van der Waals surface area contributed by atoms with Gasteiger partial charge in [0.25, 0.3) is 0 Å². The smallest absolute Gasteiger partial charge is 0.0594 e. The lowest BCUT2D eigenvalue weighted by Gasteiger charge is -2.30. The molecule has 1 aliphatic heterocycles. The fourth-order valence-electron chi connectivity index (χ4n) is 1.13. The molecule has 0 aliphatic carbocycles. The lowest BCUT2D eigenvalue weighted by Crippen LogP contribution is -2.40. The van der Waals surface area contributed by atoms with Gasteiger partial charge in [-0.05, 0) is 6.42 Å². The number of hydrogen-bond donors (Lipinski definition) is 1. The first-order valence-corrected chi connectivity index (χ1v) is 4.36. The van der Waals surface area contributed by atoms with Crippen LogP contribution < -0.4 is 0 Å². The Balaban J connectivity index is 2.24. The number of ether oxygens (including phenoxy) is 1. The Morgan fingerprint density at radius 1 is 1.50 bits per heavy atom. The van der Waals surface area contributed by atoms with E-state index < -0.39 is 0 Å². The largest absolute Gasteiger partial charge is 0.379 e. The van der Waals surface area contributed by atoms with Gasteiger partial charge in [-0.1, -0.05) is 6.92 Å². The molecule has 0 amide bonds. The molecule has 1 rings (SSSR count). The predicted octanol–water partition coefficient (Wildman–Crippen LogP) is 0.985. The first-order valence-electron chi connectivity index (χ1n) is 3.84. The molecule has 0 spiro atoms. The van der Waals surface area contributed by atoms with Gasteiger partial charge in [-0.2, -0.15) is 12.6 Å². The SMILES string of the molecule is CCC(S)N1CCOCC1. The molecule has 1 unspecified atom stereocenters. The highest BCUT2D eigenvalue weighted by atomic mass is 32.1. The van der Waals surface area contributed by atoms with Crippen LogP contribution in [0.25, 0.3) is 0 Å². The molecule has 1 heterocycles. The Kier molecular flexibility index (Phi) is 3.52. The Morgan fingerprint density at radius 2 is 2.10 bits per heavy atom. The van der Waals surface area contributed by atoms with Gasteiger partial charge in [0, 0.05) is 13.1 Å². The Morgan fingerprint density at radius 3 is 2.60 bits per heavy atom. The summed E-state index contributed by atoms with van der Waals surface area (Å²) in [4.78, 5) is 2.35. The number of nitrogens with zero attached hydrogens (tertiary/aromatic N) is 1. The van der Waals surface area contributed by atoms with E-state index in [1.54, 1.807) is 0 Å². The standard InChI is InChI=1S/C7H15NOS/c1-2-7(10)8-3-5-9-6-4-8/h7,10H,2-6H2,1H3. The van der Waals surface area contributed by atoms with Crippen molar-refractivity contribution in [2.24, 2.45) is 0 Å². The van der Waals surface area contributed by atoms with Gasteiger partial charge in [-0.25, -0.2) is 0 Å². The van der Waals surface area contributed by atoms with Crippen molar-refractivity contribution in [2.45, 2.75) is 18.7 Å². The van der Waals surface area contributed by atoms with Crippen LogP contribution in [0.1, 0.15) is 13.3 Å². The highest BCUT2D eigenvalue weighted by molar-refractivity contribution is 7.80. The highest BCUT2D eigenvalue weighted by Gasteiger charge is 2.15. The third-order valence-electron chi connectivity index (χ3n) is 1.83. The van der Waals surface area contributed by atoms with Crippen LogP contribution in [-0.4, -0.2) is 36.6 Å². The molecule has 0 bridgehead atoms. The summed E-state index contributed by atoms with van der Waals surface area (Å²) >= 11 is 4.44. The van der Waals surface area contributed by atoms with E-state index >= 15 is 0 Å². The van der Waals surface area contributed by atoms with Crippen molar-refractivity contribution in [1.29, 1.82) is 0 Å². The summed E-state index contributed by atoms with van der Waals surface area (Å²) in [7, 11) is 0. The molecule has 1 aliphatic rings. The first-order chi connectivity index (χ1) is 4.84. The number of morpholine rings is 1. The second-order valence-electron chi connectivity index (χ2n) is 2.54. The minimum absolute atomic E-state index is 0.434. The van der Waals surface area contributed by atoms with Crippen LogP contribution in [0.2, 0.25) is 0 Å². The van der Waals surface area contributed by atoms with Crippen molar-refractivity contribution in [2.75, 3.05) is 26.3 Å². The molecule has 3 heteroatoms. The summed E-state index contributed by atoms with van der Waals surface area (Å²) in [6.07, 6.45) is 1.11. The quantitative estimate of drug-likeness (QED) is 0.606. The molecule has 0 aromatic carbocycles. The second kappa shape index (κ2) is 4.21. The number of hydrogen-bond acceptors (Lipinski definition) is 3. The average Bonchev–Trinajstić information content (AvgIpc) is 2.05. The first kappa shape index (κ1) is 8.37. The lowest BCUT2D eigenvalue weighted by molar-refractivity contribution is 0.0324. The zero-order valence-electron chi connectivity index (χ0n) is 6.42. The third kappa shape index (κ3) is 2.15. The summed E-state index contributed by atoms with van der Waals surface area (Å²) < 4.78 is 5.22. The summed E-state index contributed by atoms with van der Waals surface area (Å²) in [5.41, 5.74) is 0. The summed E-state index contributed by atoms with van der Waals surface area (Å²) in [6, 6.07) is 0. The maximum atomic E-state index is 5.22. The Labute approximate surface area is 68.0 Å². The predicted molar refractivity (Wildman–Crippen MR) is 45.5 cm³/mol. The molecule has 10 heavy (non-hydrogen) atoms. The minimum atomic E-state index is 0.434. The molecular formula is C7H15NOS. The molecule has 0 saturated carbocycles. The van der Waals surface area contributed by atoms with Crippen LogP contribution in [0.3, 0.4) is 0 Å². The fraction of sp³-hybridized carbons (Fsp3) is 1.00. The summed E-state index contributed by atoms with van der Waals surface area (Å²) in [5, 5.41) is 0.434. The zero-order valence-corrected chi connectivity index (χ0v) is 7.31. The number of thiol groups is 1. The van der Waals surface area contributed by atoms with Gasteiger partial charge in [0.1, 0.15) is 0 Å². The molecule has 1 saturated heterocycles. The van der Waals surface area contributed by atoms with E-state index in [0.29, 0.717) is 5.37 Å². The van der Waals surface area contributed by atoms with Crippen molar-refractivity contribution < 1.29 is 4.74 Å². The van der Waals surface area contributed by atoms with E-state index in [1.165, 1.54) is 0 Å². The van der Waals surface area contributed by atoms with Crippen LogP contribution >= 0.6 is 12.6 Å². The van der Waals surface area contributed by atoms with Crippen molar-refractivity contribution in [3.63, 3.8) is 0 Å². The van der Waals surface area contributed by atoms with Crippen LogP contribution in [0.4, 0.5) is 0 Å². The van der Waals surface area contributed by atoms with Gasteiger partial charge < -0.3 is 4.74 Å².